The van der Waals surface area contributed by atoms with Crippen molar-refractivity contribution in [3.63, 3.8) is 0 Å². The molecule has 0 radical (unpaired) electrons. The van der Waals surface area contributed by atoms with E-state index < -0.39 is 21.0 Å². The van der Waals surface area contributed by atoms with Gasteiger partial charge in [0.25, 0.3) is 5.69 Å². The van der Waals surface area contributed by atoms with Crippen molar-refractivity contribution >= 4 is 15.7 Å². The van der Waals surface area contributed by atoms with Crippen molar-refractivity contribution in [3.05, 3.63) is 70.7 Å². The van der Waals surface area contributed by atoms with Crippen LogP contribution in [0.1, 0.15) is 24.7 Å². The third-order valence-electron chi connectivity index (χ3n) is 5.15. The van der Waals surface area contributed by atoms with Gasteiger partial charge in [-0.2, -0.15) is 4.31 Å². The molecule has 1 fully saturated rings. The van der Waals surface area contributed by atoms with E-state index in [0.29, 0.717) is 31.0 Å². The van der Waals surface area contributed by atoms with E-state index in [1.165, 1.54) is 28.6 Å². The van der Waals surface area contributed by atoms with Gasteiger partial charge in [0.2, 0.25) is 10.0 Å². The standard InChI is InChI=1S/C20H20N4O5S/c1-29-16-5-2-4-14(12-16)18-13-21-20(22-18)19-6-3-11-23(19)30(27,28)17-9-7-15(8-10-17)24(25)26/h2,4-5,7-10,12-13,19H,3,6,11H2,1H3,(H,21,22)/t19-/m1/s1. The molecular weight excluding hydrogens is 408 g/mol. The average Bonchev–Trinajstić information content (AvgIpc) is 3.43. The summed E-state index contributed by atoms with van der Waals surface area (Å²) in [5, 5.41) is 10.8. The van der Waals surface area contributed by atoms with E-state index in [0.717, 1.165) is 11.3 Å². The first-order chi connectivity index (χ1) is 14.4. The highest BCUT2D eigenvalue weighted by atomic mass is 32.2. The number of sulfonamides is 1. The van der Waals surface area contributed by atoms with Crippen molar-refractivity contribution in [3.8, 4) is 17.0 Å². The highest BCUT2D eigenvalue weighted by Crippen LogP contribution is 2.36. The number of methoxy groups -OCH3 is 1. The van der Waals surface area contributed by atoms with Gasteiger partial charge >= 0.3 is 0 Å². The van der Waals surface area contributed by atoms with E-state index in [1.54, 1.807) is 13.3 Å². The lowest BCUT2D eigenvalue weighted by Gasteiger charge is -2.22. The summed E-state index contributed by atoms with van der Waals surface area (Å²) < 4.78 is 33.0. The maximum absolute atomic E-state index is 13.2. The molecular formula is C20H20N4O5S. The Morgan fingerprint density at radius 3 is 2.70 bits per heavy atom. The van der Waals surface area contributed by atoms with Crippen LogP contribution in [0.25, 0.3) is 11.3 Å². The smallest absolute Gasteiger partial charge is 0.269 e. The van der Waals surface area contributed by atoms with E-state index in [2.05, 4.69) is 9.97 Å². The monoisotopic (exact) mass is 428 g/mol. The van der Waals surface area contributed by atoms with Gasteiger partial charge in [-0.25, -0.2) is 13.4 Å². The number of H-pyrrole nitrogens is 1. The first-order valence-electron chi connectivity index (χ1n) is 9.36. The molecule has 1 atom stereocenters. The molecule has 0 bridgehead atoms. The van der Waals surface area contributed by atoms with Gasteiger partial charge in [0.1, 0.15) is 11.6 Å². The fourth-order valence-electron chi connectivity index (χ4n) is 3.62. The summed E-state index contributed by atoms with van der Waals surface area (Å²) in [6, 6.07) is 12.0. The van der Waals surface area contributed by atoms with Gasteiger partial charge in [-0.1, -0.05) is 12.1 Å². The van der Waals surface area contributed by atoms with Gasteiger partial charge in [0.15, 0.2) is 0 Å². The van der Waals surface area contributed by atoms with E-state index in [1.807, 2.05) is 24.3 Å². The Labute approximate surface area is 173 Å². The molecule has 30 heavy (non-hydrogen) atoms. The number of nitro benzene ring substituents is 1. The lowest BCUT2D eigenvalue weighted by molar-refractivity contribution is -0.384. The second-order valence-corrected chi connectivity index (χ2v) is 8.83. The topological polar surface area (TPSA) is 118 Å². The minimum absolute atomic E-state index is 0.0274. The molecule has 4 rings (SSSR count). The molecule has 10 heteroatoms. The number of non-ortho nitro benzene ring substituents is 1. The molecule has 0 amide bonds. The summed E-state index contributed by atoms with van der Waals surface area (Å²) >= 11 is 0. The Morgan fingerprint density at radius 2 is 2.00 bits per heavy atom. The number of nitrogens with zero attached hydrogens (tertiary/aromatic N) is 3. The zero-order valence-electron chi connectivity index (χ0n) is 16.2. The van der Waals surface area contributed by atoms with Crippen molar-refractivity contribution in [2.24, 2.45) is 0 Å². The minimum Gasteiger partial charge on any atom is -0.497 e. The Morgan fingerprint density at radius 1 is 1.23 bits per heavy atom. The van der Waals surface area contributed by atoms with E-state index in [4.69, 9.17) is 4.74 Å². The normalized spacial score (nSPS) is 17.2. The van der Waals surface area contributed by atoms with Gasteiger partial charge < -0.3 is 9.72 Å². The van der Waals surface area contributed by atoms with E-state index in [-0.39, 0.29) is 10.6 Å². The second-order valence-electron chi connectivity index (χ2n) is 6.94. The first kappa shape index (κ1) is 20.0. The predicted octanol–water partition coefficient (Wildman–Crippen LogP) is 3.52. The highest BCUT2D eigenvalue weighted by molar-refractivity contribution is 7.89. The number of benzene rings is 2. The van der Waals surface area contributed by atoms with Crippen LogP contribution in [0.5, 0.6) is 5.75 Å². The van der Waals surface area contributed by atoms with E-state index in [9.17, 15) is 18.5 Å². The van der Waals surface area contributed by atoms with Gasteiger partial charge in [0.05, 0.1) is 34.9 Å². The maximum Gasteiger partial charge on any atom is 0.269 e. The summed E-state index contributed by atoms with van der Waals surface area (Å²) in [5.41, 5.74) is 1.50. The molecule has 9 nitrogen and oxygen atoms in total. The van der Waals surface area contributed by atoms with Crippen LogP contribution in [-0.4, -0.2) is 41.3 Å². The number of nitro groups is 1. The van der Waals surface area contributed by atoms with Crippen LogP contribution in [0, 0.1) is 10.1 Å². The molecule has 1 aromatic heterocycles. The van der Waals surface area contributed by atoms with Crippen LogP contribution < -0.4 is 4.74 Å². The number of rotatable bonds is 6. The number of nitrogens with one attached hydrogen (secondary N) is 1. The Bertz CT molecular complexity index is 1170. The summed E-state index contributed by atoms with van der Waals surface area (Å²) in [6.45, 7) is 0.360. The zero-order chi connectivity index (χ0) is 21.3. The van der Waals surface area contributed by atoms with Crippen molar-refractivity contribution in [2.75, 3.05) is 13.7 Å². The van der Waals surface area contributed by atoms with Gasteiger partial charge in [0, 0.05) is 24.2 Å². The van der Waals surface area contributed by atoms with Gasteiger partial charge in [-0.3, -0.25) is 10.1 Å². The minimum atomic E-state index is -3.81. The summed E-state index contributed by atoms with van der Waals surface area (Å²) in [4.78, 5) is 18.0. The first-order valence-corrected chi connectivity index (χ1v) is 10.8. The predicted molar refractivity (Wildman–Crippen MR) is 110 cm³/mol. The molecule has 1 N–H and O–H groups in total. The molecule has 156 valence electrons. The molecule has 2 heterocycles. The van der Waals surface area contributed by atoms with Crippen molar-refractivity contribution in [1.82, 2.24) is 14.3 Å². The third kappa shape index (κ3) is 3.66. The van der Waals surface area contributed by atoms with Gasteiger partial charge in [-0.15, -0.1) is 0 Å². The number of ether oxygens (including phenoxy) is 1. The van der Waals surface area contributed by atoms with Crippen LogP contribution in [0.4, 0.5) is 5.69 Å². The van der Waals surface area contributed by atoms with Crippen LogP contribution in [0.15, 0.2) is 59.6 Å². The Balaban J connectivity index is 1.62. The Hall–Kier alpha value is -3.24. The van der Waals surface area contributed by atoms with Crippen LogP contribution in [-0.2, 0) is 10.0 Å². The number of aromatic amines is 1. The van der Waals surface area contributed by atoms with Crippen molar-refractivity contribution in [2.45, 2.75) is 23.8 Å². The summed E-state index contributed by atoms with van der Waals surface area (Å²) in [7, 11) is -2.22. The maximum atomic E-state index is 13.2. The molecule has 1 aliphatic rings. The van der Waals surface area contributed by atoms with Crippen molar-refractivity contribution < 1.29 is 18.1 Å². The number of hydrogen-bond acceptors (Lipinski definition) is 6. The lowest BCUT2D eigenvalue weighted by atomic mass is 10.1. The molecule has 1 saturated heterocycles. The fraction of sp³-hybridized carbons (Fsp3) is 0.250. The molecule has 1 aliphatic heterocycles. The van der Waals surface area contributed by atoms with Crippen LogP contribution in [0.2, 0.25) is 0 Å². The second kappa shape index (κ2) is 7.88. The molecule has 3 aromatic rings. The summed E-state index contributed by atoms with van der Waals surface area (Å²) in [6.07, 6.45) is 3.02. The van der Waals surface area contributed by atoms with E-state index >= 15 is 0 Å². The molecule has 0 spiro atoms. The molecule has 0 aliphatic carbocycles. The third-order valence-corrected chi connectivity index (χ3v) is 7.07. The molecule has 0 saturated carbocycles. The van der Waals surface area contributed by atoms with Crippen LogP contribution >= 0.6 is 0 Å². The van der Waals surface area contributed by atoms with Crippen LogP contribution in [0.3, 0.4) is 0 Å². The SMILES string of the molecule is COc1cccc(-c2cnc([C@H]3CCCN3S(=O)(=O)c3ccc([N+](=O)[O-])cc3)[nH]2)c1. The quantitative estimate of drug-likeness (QED) is 0.474. The average molecular weight is 428 g/mol. The number of aromatic nitrogens is 2. The van der Waals surface area contributed by atoms with Gasteiger partial charge in [-0.05, 0) is 37.1 Å². The molecule has 0 unspecified atom stereocenters. The molecule has 2 aromatic carbocycles. The van der Waals surface area contributed by atoms with Crippen molar-refractivity contribution in [1.29, 1.82) is 0 Å². The number of hydrogen-bond donors (Lipinski definition) is 1. The Kier molecular flexibility index (Phi) is 5.27. The number of imidazole rings is 1. The lowest BCUT2D eigenvalue weighted by Crippen LogP contribution is -2.31. The zero-order valence-corrected chi connectivity index (χ0v) is 17.0. The highest BCUT2D eigenvalue weighted by Gasteiger charge is 2.38. The summed E-state index contributed by atoms with van der Waals surface area (Å²) in [5.74, 6) is 1.28. The fourth-order valence-corrected chi connectivity index (χ4v) is 5.28. The largest absolute Gasteiger partial charge is 0.497 e.